The molecule has 21 heavy (non-hydrogen) atoms. The molecule has 0 spiro atoms. The smallest absolute Gasteiger partial charge is 0.220 e. The van der Waals surface area contributed by atoms with Gasteiger partial charge in [0.1, 0.15) is 5.82 Å². The number of nitrogens with one attached hydrogen (secondary N) is 1. The minimum Gasteiger partial charge on any atom is -0.382 e. The monoisotopic (exact) mass is 286 g/mol. The third-order valence-corrected chi connectivity index (χ3v) is 4.50. The normalized spacial score (nSPS) is 25.7. The maximum absolute atomic E-state index is 11.5. The zero-order valence-electron chi connectivity index (χ0n) is 11.7. The Hall–Kier alpha value is -2.31. The van der Waals surface area contributed by atoms with Gasteiger partial charge in [0.2, 0.25) is 5.91 Å². The Bertz CT molecular complexity index is 696. The number of aromatic nitrogens is 3. The van der Waals surface area contributed by atoms with Crippen molar-refractivity contribution in [2.24, 2.45) is 5.92 Å². The molecule has 0 bridgehead atoms. The lowest BCUT2D eigenvalue weighted by Gasteiger charge is -2.41. The second-order valence-corrected chi connectivity index (χ2v) is 5.85. The molecule has 110 valence electrons. The third kappa shape index (κ3) is 2.09. The molecule has 2 aromatic heterocycles. The second-order valence-electron chi connectivity index (χ2n) is 5.85. The van der Waals surface area contributed by atoms with Gasteiger partial charge in [0.15, 0.2) is 11.5 Å². The fraction of sp³-hybridized carbons (Fsp3) is 0.500. The van der Waals surface area contributed by atoms with E-state index in [0.717, 1.165) is 37.4 Å². The number of rotatable bonds is 1. The van der Waals surface area contributed by atoms with E-state index in [-0.39, 0.29) is 5.91 Å². The van der Waals surface area contributed by atoms with Crippen molar-refractivity contribution < 1.29 is 4.79 Å². The first-order valence-electron chi connectivity index (χ1n) is 7.34. The molecule has 3 N–H and O–H groups in total. The molecule has 2 atom stereocenters. The number of nitrogens with two attached hydrogens (primary N) is 1. The van der Waals surface area contributed by atoms with E-state index in [1.165, 1.54) is 0 Å². The average molecular weight is 286 g/mol. The van der Waals surface area contributed by atoms with E-state index in [1.807, 2.05) is 10.6 Å². The predicted octanol–water partition coefficient (Wildman–Crippen LogP) is 0.416. The van der Waals surface area contributed by atoms with Crippen molar-refractivity contribution in [1.82, 2.24) is 19.7 Å². The van der Waals surface area contributed by atoms with Gasteiger partial charge < -0.3 is 20.4 Å². The summed E-state index contributed by atoms with van der Waals surface area (Å²) in [5, 5.41) is 3.10. The second kappa shape index (κ2) is 4.61. The van der Waals surface area contributed by atoms with Crippen molar-refractivity contribution in [3.63, 3.8) is 0 Å². The summed E-state index contributed by atoms with van der Waals surface area (Å²) in [5.41, 5.74) is 6.73. The lowest BCUT2D eigenvalue weighted by atomic mass is 9.85. The van der Waals surface area contributed by atoms with E-state index in [4.69, 9.17) is 5.73 Å². The van der Waals surface area contributed by atoms with E-state index >= 15 is 0 Å². The van der Waals surface area contributed by atoms with Crippen LogP contribution in [0.3, 0.4) is 0 Å². The molecule has 2 unspecified atom stereocenters. The molecule has 0 saturated carbocycles. The summed E-state index contributed by atoms with van der Waals surface area (Å²) in [4.78, 5) is 22.6. The topological polar surface area (TPSA) is 88.5 Å². The first-order chi connectivity index (χ1) is 10.2. The number of fused-ring (bicyclic) bond motifs is 2. The highest BCUT2D eigenvalue weighted by molar-refractivity contribution is 5.77. The Kier molecular flexibility index (Phi) is 2.73. The van der Waals surface area contributed by atoms with E-state index in [9.17, 15) is 4.79 Å². The number of carbonyl (C=O) groups excluding carboxylic acids is 1. The largest absolute Gasteiger partial charge is 0.382 e. The van der Waals surface area contributed by atoms with E-state index in [2.05, 4.69) is 20.2 Å². The lowest BCUT2D eigenvalue weighted by Crippen LogP contribution is -2.54. The van der Waals surface area contributed by atoms with Crippen LogP contribution in [0.1, 0.15) is 19.3 Å². The number of piperidine rings is 2. The van der Waals surface area contributed by atoms with Crippen LogP contribution in [0.5, 0.6) is 0 Å². The summed E-state index contributed by atoms with van der Waals surface area (Å²) in [5.74, 6) is 2.00. The van der Waals surface area contributed by atoms with Gasteiger partial charge in [-0.3, -0.25) is 4.79 Å². The molecule has 1 amide bonds. The first kappa shape index (κ1) is 12.4. The van der Waals surface area contributed by atoms with Gasteiger partial charge in [0.05, 0.1) is 6.20 Å². The first-order valence-corrected chi connectivity index (χ1v) is 7.34. The lowest BCUT2D eigenvalue weighted by molar-refractivity contribution is -0.124. The van der Waals surface area contributed by atoms with E-state index in [0.29, 0.717) is 24.2 Å². The summed E-state index contributed by atoms with van der Waals surface area (Å²) in [6.45, 7) is 1.75. The van der Waals surface area contributed by atoms with Crippen molar-refractivity contribution in [2.75, 3.05) is 23.7 Å². The van der Waals surface area contributed by atoms with Gasteiger partial charge in [-0.1, -0.05) is 0 Å². The summed E-state index contributed by atoms with van der Waals surface area (Å²) < 4.78 is 1.91. The molecule has 7 nitrogen and oxygen atoms in total. The van der Waals surface area contributed by atoms with Crippen LogP contribution < -0.4 is 16.0 Å². The van der Waals surface area contributed by atoms with Crippen molar-refractivity contribution in [2.45, 2.75) is 25.3 Å². The number of carbonyl (C=O) groups is 1. The molecule has 2 aliphatic heterocycles. The Morgan fingerprint density at radius 2 is 2.29 bits per heavy atom. The number of amides is 1. The van der Waals surface area contributed by atoms with Gasteiger partial charge in [-0.05, 0) is 18.8 Å². The standard InChI is InChI=1S/C14H18N6O/c15-11-8-20-6-4-16-13(20)14(18-11)19-5-3-10-9(7-19)1-2-12(21)17-10/h4,6,8-10H,1-3,5,7,15H2,(H,17,21). The summed E-state index contributed by atoms with van der Waals surface area (Å²) in [6.07, 6.45) is 7.93. The van der Waals surface area contributed by atoms with Crippen LogP contribution in [0.2, 0.25) is 0 Å². The molecule has 4 rings (SSSR count). The van der Waals surface area contributed by atoms with Gasteiger partial charge in [0.25, 0.3) is 0 Å². The van der Waals surface area contributed by atoms with E-state index in [1.54, 1.807) is 12.4 Å². The van der Waals surface area contributed by atoms with Crippen LogP contribution >= 0.6 is 0 Å². The fourth-order valence-corrected chi connectivity index (χ4v) is 3.45. The van der Waals surface area contributed by atoms with Gasteiger partial charge in [-0.15, -0.1) is 0 Å². The van der Waals surface area contributed by atoms with Gasteiger partial charge in [0, 0.05) is 37.9 Å². The Morgan fingerprint density at radius 3 is 3.19 bits per heavy atom. The molecule has 2 saturated heterocycles. The van der Waals surface area contributed by atoms with Crippen molar-refractivity contribution in [3.05, 3.63) is 18.6 Å². The van der Waals surface area contributed by atoms with E-state index < -0.39 is 0 Å². The minimum atomic E-state index is 0.183. The predicted molar refractivity (Wildman–Crippen MR) is 78.9 cm³/mol. The zero-order valence-corrected chi connectivity index (χ0v) is 11.7. The summed E-state index contributed by atoms with van der Waals surface area (Å²) >= 11 is 0. The van der Waals surface area contributed by atoms with Crippen LogP contribution in [-0.2, 0) is 4.79 Å². The molecule has 0 aromatic carbocycles. The highest BCUT2D eigenvalue weighted by atomic mass is 16.1. The SMILES string of the molecule is Nc1cn2ccnc2c(N2CCC3NC(=O)CCC3C2)n1. The number of anilines is 2. The number of imidazole rings is 1. The molecular weight excluding hydrogens is 268 g/mol. The Morgan fingerprint density at radius 1 is 1.38 bits per heavy atom. The van der Waals surface area contributed by atoms with Crippen molar-refractivity contribution in [3.8, 4) is 0 Å². The number of nitrogens with zero attached hydrogens (tertiary/aromatic N) is 4. The van der Waals surface area contributed by atoms with Crippen molar-refractivity contribution >= 4 is 23.2 Å². The van der Waals surface area contributed by atoms with Gasteiger partial charge >= 0.3 is 0 Å². The quantitative estimate of drug-likeness (QED) is 0.793. The van der Waals surface area contributed by atoms with Crippen LogP contribution in [0.25, 0.3) is 5.65 Å². The Balaban J connectivity index is 1.64. The maximum atomic E-state index is 11.5. The molecule has 7 heteroatoms. The average Bonchev–Trinajstić information content (AvgIpc) is 2.94. The summed E-state index contributed by atoms with van der Waals surface area (Å²) in [7, 11) is 0. The highest BCUT2D eigenvalue weighted by Crippen LogP contribution is 2.29. The number of hydrogen-bond donors (Lipinski definition) is 2. The highest BCUT2D eigenvalue weighted by Gasteiger charge is 2.34. The van der Waals surface area contributed by atoms with Crippen molar-refractivity contribution in [1.29, 1.82) is 0 Å². The van der Waals surface area contributed by atoms with Gasteiger partial charge in [-0.25, -0.2) is 9.97 Å². The number of hydrogen-bond acceptors (Lipinski definition) is 5. The molecule has 2 fully saturated rings. The van der Waals surface area contributed by atoms with Crippen LogP contribution in [-0.4, -0.2) is 39.4 Å². The molecule has 0 aliphatic carbocycles. The molecule has 0 radical (unpaired) electrons. The fourth-order valence-electron chi connectivity index (χ4n) is 3.45. The summed E-state index contributed by atoms with van der Waals surface area (Å²) in [6, 6.07) is 0.305. The number of nitrogen functional groups attached to an aromatic ring is 1. The van der Waals surface area contributed by atoms with Crippen LogP contribution in [0.4, 0.5) is 11.6 Å². The minimum absolute atomic E-state index is 0.183. The zero-order chi connectivity index (χ0) is 14.4. The molecule has 4 heterocycles. The maximum Gasteiger partial charge on any atom is 0.220 e. The van der Waals surface area contributed by atoms with Crippen LogP contribution in [0, 0.1) is 5.92 Å². The molecule has 2 aromatic rings. The van der Waals surface area contributed by atoms with Crippen LogP contribution in [0.15, 0.2) is 18.6 Å². The van der Waals surface area contributed by atoms with Gasteiger partial charge in [-0.2, -0.15) is 0 Å². The molecule has 2 aliphatic rings. The Labute approximate surface area is 122 Å². The molecular formula is C14H18N6O. The third-order valence-electron chi connectivity index (χ3n) is 4.50.